The first-order valence-corrected chi connectivity index (χ1v) is 7.72. The van der Waals surface area contributed by atoms with E-state index in [-0.39, 0.29) is 0 Å². The molecular formula is C15H26N4O. The van der Waals surface area contributed by atoms with Crippen LogP contribution in [0.5, 0.6) is 0 Å². The zero-order valence-corrected chi connectivity index (χ0v) is 12.6. The molecule has 0 amide bonds. The summed E-state index contributed by atoms with van der Waals surface area (Å²) in [6.45, 7) is 8.29. The maximum absolute atomic E-state index is 5.92. The summed E-state index contributed by atoms with van der Waals surface area (Å²) in [6.07, 6.45) is 5.10. The van der Waals surface area contributed by atoms with Crippen LogP contribution in [0.4, 0.5) is 0 Å². The van der Waals surface area contributed by atoms with E-state index in [1.165, 1.54) is 30.6 Å². The molecule has 1 atom stereocenters. The fraction of sp³-hybridized carbons (Fsp3) is 0.800. The summed E-state index contributed by atoms with van der Waals surface area (Å²) < 4.78 is 5.92. The second kappa shape index (κ2) is 6.24. The van der Waals surface area contributed by atoms with Crippen molar-refractivity contribution in [2.75, 3.05) is 39.8 Å². The Bertz CT molecular complexity index is 429. The van der Waals surface area contributed by atoms with Crippen molar-refractivity contribution in [2.45, 2.75) is 32.4 Å². The number of nitrogens with one attached hydrogen (secondary N) is 1. The number of hydrogen-bond donors (Lipinski definition) is 1. The molecule has 2 fully saturated rings. The second-order valence-electron chi connectivity index (χ2n) is 6.41. The lowest BCUT2D eigenvalue weighted by Gasteiger charge is -2.34. The molecule has 0 bridgehead atoms. The number of hydrogen-bond acceptors (Lipinski definition) is 4. The van der Waals surface area contributed by atoms with Crippen molar-refractivity contribution in [3.63, 3.8) is 0 Å². The number of ether oxygens (including phenoxy) is 1. The first kappa shape index (κ1) is 14.0. The molecule has 1 N–H and O–H groups in total. The zero-order chi connectivity index (χ0) is 13.9. The van der Waals surface area contributed by atoms with E-state index in [2.05, 4.69) is 34.0 Å². The predicted octanol–water partition coefficient (Wildman–Crippen LogP) is 1.26. The quantitative estimate of drug-likeness (QED) is 0.851. The van der Waals surface area contributed by atoms with E-state index >= 15 is 0 Å². The molecule has 1 saturated heterocycles. The van der Waals surface area contributed by atoms with Crippen molar-refractivity contribution in [1.82, 2.24) is 20.0 Å². The molecule has 1 aliphatic heterocycles. The number of likely N-dealkylation sites (N-methyl/N-ethyl adjacent to an activating group) is 1. The molecule has 1 aliphatic carbocycles. The Hall–Kier alpha value is -0.910. The number of aryl methyl sites for hydroxylation is 1. The van der Waals surface area contributed by atoms with Gasteiger partial charge in [0.25, 0.3) is 0 Å². The molecule has 0 radical (unpaired) electrons. The molecular weight excluding hydrogens is 252 g/mol. The van der Waals surface area contributed by atoms with Crippen molar-refractivity contribution < 1.29 is 4.74 Å². The van der Waals surface area contributed by atoms with Gasteiger partial charge in [-0.05, 0) is 32.7 Å². The van der Waals surface area contributed by atoms with Gasteiger partial charge in [-0.25, -0.2) is 0 Å². The molecule has 20 heavy (non-hydrogen) atoms. The van der Waals surface area contributed by atoms with Crippen LogP contribution in [0.3, 0.4) is 0 Å². The minimum Gasteiger partial charge on any atom is -0.374 e. The Morgan fingerprint density at radius 3 is 2.95 bits per heavy atom. The van der Waals surface area contributed by atoms with Crippen LogP contribution in [-0.2, 0) is 11.3 Å². The number of nitrogens with zero attached hydrogens (tertiary/aromatic N) is 3. The standard InChI is InChI=1S/C15H26N4O/c1-12-14(7-16-17-12)9-19(8-13-3-4-13)11-15-10-18(2)5-6-20-15/h7,13,15H,3-6,8-11H2,1-2H3,(H,16,17). The van der Waals surface area contributed by atoms with Crippen LogP contribution < -0.4 is 0 Å². The van der Waals surface area contributed by atoms with Gasteiger partial charge >= 0.3 is 0 Å². The van der Waals surface area contributed by atoms with Crippen molar-refractivity contribution in [3.05, 3.63) is 17.5 Å². The number of rotatable bonds is 6. The van der Waals surface area contributed by atoms with Gasteiger partial charge in [0.1, 0.15) is 0 Å². The highest BCUT2D eigenvalue weighted by Crippen LogP contribution is 2.30. The third kappa shape index (κ3) is 3.81. The van der Waals surface area contributed by atoms with Crippen molar-refractivity contribution in [2.24, 2.45) is 5.92 Å². The first-order chi connectivity index (χ1) is 9.70. The molecule has 2 aliphatic rings. The lowest BCUT2D eigenvalue weighted by molar-refractivity contribution is -0.0373. The molecule has 1 saturated carbocycles. The summed E-state index contributed by atoms with van der Waals surface area (Å²) in [7, 11) is 2.18. The van der Waals surface area contributed by atoms with Gasteiger partial charge in [-0.3, -0.25) is 10.00 Å². The van der Waals surface area contributed by atoms with E-state index < -0.39 is 0 Å². The summed E-state index contributed by atoms with van der Waals surface area (Å²) in [5, 5.41) is 7.17. The van der Waals surface area contributed by atoms with E-state index in [0.29, 0.717) is 6.10 Å². The smallest absolute Gasteiger partial charge is 0.0829 e. The number of aromatic amines is 1. The van der Waals surface area contributed by atoms with Gasteiger partial charge in [-0.15, -0.1) is 0 Å². The van der Waals surface area contributed by atoms with Crippen LogP contribution in [0.25, 0.3) is 0 Å². The van der Waals surface area contributed by atoms with Crippen LogP contribution in [0.1, 0.15) is 24.1 Å². The SMILES string of the molecule is Cc1[nH]ncc1CN(CC1CC1)CC1CN(C)CCO1. The monoisotopic (exact) mass is 278 g/mol. The number of H-pyrrole nitrogens is 1. The average molecular weight is 278 g/mol. The summed E-state index contributed by atoms with van der Waals surface area (Å²) >= 11 is 0. The molecule has 2 heterocycles. The molecule has 1 aromatic heterocycles. The van der Waals surface area contributed by atoms with E-state index in [4.69, 9.17) is 4.74 Å². The fourth-order valence-electron chi connectivity index (χ4n) is 2.91. The molecule has 5 heteroatoms. The van der Waals surface area contributed by atoms with E-state index in [0.717, 1.165) is 38.7 Å². The molecule has 3 rings (SSSR count). The highest BCUT2D eigenvalue weighted by molar-refractivity contribution is 5.14. The number of aromatic nitrogens is 2. The van der Waals surface area contributed by atoms with Gasteiger partial charge in [-0.2, -0.15) is 5.10 Å². The van der Waals surface area contributed by atoms with Gasteiger partial charge in [0.15, 0.2) is 0 Å². The largest absolute Gasteiger partial charge is 0.374 e. The molecule has 112 valence electrons. The van der Waals surface area contributed by atoms with Crippen LogP contribution in [0.15, 0.2) is 6.20 Å². The van der Waals surface area contributed by atoms with Crippen LogP contribution in [0.2, 0.25) is 0 Å². The zero-order valence-electron chi connectivity index (χ0n) is 12.6. The normalized spacial score (nSPS) is 24.4. The first-order valence-electron chi connectivity index (χ1n) is 7.72. The second-order valence-corrected chi connectivity index (χ2v) is 6.41. The van der Waals surface area contributed by atoms with Crippen LogP contribution >= 0.6 is 0 Å². The Kier molecular flexibility index (Phi) is 4.38. The lowest BCUT2D eigenvalue weighted by atomic mass is 10.2. The molecule has 1 aromatic rings. The third-order valence-electron chi connectivity index (χ3n) is 4.35. The summed E-state index contributed by atoms with van der Waals surface area (Å²) in [5.41, 5.74) is 2.50. The Morgan fingerprint density at radius 1 is 1.45 bits per heavy atom. The molecule has 0 aromatic carbocycles. The maximum Gasteiger partial charge on any atom is 0.0829 e. The highest BCUT2D eigenvalue weighted by Gasteiger charge is 2.27. The molecule has 1 unspecified atom stereocenters. The van der Waals surface area contributed by atoms with E-state index in [1.54, 1.807) is 0 Å². The minimum atomic E-state index is 0.347. The third-order valence-corrected chi connectivity index (χ3v) is 4.35. The Morgan fingerprint density at radius 2 is 2.30 bits per heavy atom. The van der Waals surface area contributed by atoms with Crippen molar-refractivity contribution in [1.29, 1.82) is 0 Å². The van der Waals surface area contributed by atoms with Crippen LogP contribution in [0, 0.1) is 12.8 Å². The van der Waals surface area contributed by atoms with Gasteiger partial charge in [0, 0.05) is 44.0 Å². The van der Waals surface area contributed by atoms with Gasteiger partial charge in [0.2, 0.25) is 0 Å². The lowest BCUT2D eigenvalue weighted by Crippen LogP contribution is -2.46. The minimum absolute atomic E-state index is 0.347. The number of morpholine rings is 1. The predicted molar refractivity (Wildman–Crippen MR) is 78.6 cm³/mol. The molecule has 0 spiro atoms. The average Bonchev–Trinajstić information content (AvgIpc) is 3.13. The topological polar surface area (TPSA) is 44.4 Å². The Balaban J connectivity index is 1.58. The van der Waals surface area contributed by atoms with Crippen molar-refractivity contribution in [3.8, 4) is 0 Å². The summed E-state index contributed by atoms with van der Waals surface area (Å²) in [5.74, 6) is 0.906. The van der Waals surface area contributed by atoms with Crippen molar-refractivity contribution >= 4 is 0 Å². The van der Waals surface area contributed by atoms with Crippen LogP contribution in [-0.4, -0.2) is 65.9 Å². The molecule has 5 nitrogen and oxygen atoms in total. The summed E-state index contributed by atoms with van der Waals surface area (Å²) in [4.78, 5) is 4.92. The van der Waals surface area contributed by atoms with Gasteiger partial charge < -0.3 is 9.64 Å². The summed E-state index contributed by atoms with van der Waals surface area (Å²) in [6, 6.07) is 0. The Labute approximate surface area is 121 Å². The van der Waals surface area contributed by atoms with Gasteiger partial charge in [0.05, 0.1) is 18.9 Å². The van der Waals surface area contributed by atoms with E-state index in [9.17, 15) is 0 Å². The van der Waals surface area contributed by atoms with Gasteiger partial charge in [-0.1, -0.05) is 0 Å². The maximum atomic E-state index is 5.92. The fourth-order valence-corrected chi connectivity index (χ4v) is 2.91. The highest BCUT2D eigenvalue weighted by atomic mass is 16.5. The van der Waals surface area contributed by atoms with E-state index in [1.807, 2.05) is 6.20 Å².